The van der Waals surface area contributed by atoms with Crippen LogP contribution in [0.25, 0.3) is 0 Å². The molecule has 0 N–H and O–H groups in total. The van der Waals surface area contributed by atoms with Crippen molar-refractivity contribution < 1.29 is 9.47 Å². The Bertz CT molecular complexity index is 505. The van der Waals surface area contributed by atoms with Crippen LogP contribution in [0.1, 0.15) is 51.4 Å². The van der Waals surface area contributed by atoms with Gasteiger partial charge in [0.15, 0.2) is 11.5 Å². The summed E-state index contributed by atoms with van der Waals surface area (Å²) >= 11 is 0. The van der Waals surface area contributed by atoms with Crippen molar-refractivity contribution in [3.05, 3.63) is 24.3 Å². The van der Waals surface area contributed by atoms with Gasteiger partial charge in [-0.25, -0.2) is 0 Å². The summed E-state index contributed by atoms with van der Waals surface area (Å²) in [5.74, 6) is 5.41. The second-order valence-corrected chi connectivity index (χ2v) is 8.11. The summed E-state index contributed by atoms with van der Waals surface area (Å²) in [6, 6.07) is 8.37. The first-order valence-electron chi connectivity index (χ1n) is 9.27. The highest BCUT2D eigenvalue weighted by molar-refractivity contribution is 5.40. The van der Waals surface area contributed by atoms with Gasteiger partial charge in [0, 0.05) is 0 Å². The largest absolute Gasteiger partial charge is 0.486 e. The topological polar surface area (TPSA) is 18.5 Å². The molecule has 118 valence electrons. The van der Waals surface area contributed by atoms with E-state index in [0.717, 1.165) is 35.2 Å². The van der Waals surface area contributed by atoms with Gasteiger partial charge in [-0.3, -0.25) is 0 Å². The van der Waals surface area contributed by atoms with Crippen LogP contribution in [-0.2, 0) is 0 Å². The maximum Gasteiger partial charge on any atom is 0.161 e. The van der Waals surface area contributed by atoms with Gasteiger partial charge in [0.25, 0.3) is 0 Å². The van der Waals surface area contributed by atoms with Gasteiger partial charge in [0.1, 0.15) is 12.2 Å². The van der Waals surface area contributed by atoms with Gasteiger partial charge in [-0.1, -0.05) is 12.1 Å². The molecule has 6 atom stereocenters. The Morgan fingerprint density at radius 3 is 1.50 bits per heavy atom. The van der Waals surface area contributed by atoms with E-state index in [1.165, 1.54) is 51.4 Å². The first kappa shape index (κ1) is 13.3. The van der Waals surface area contributed by atoms with Crippen molar-refractivity contribution >= 4 is 0 Å². The Morgan fingerprint density at radius 2 is 1.14 bits per heavy atom. The Balaban J connectivity index is 1.31. The zero-order chi connectivity index (χ0) is 14.5. The third kappa shape index (κ3) is 2.23. The van der Waals surface area contributed by atoms with Gasteiger partial charge in [0.05, 0.1) is 0 Å². The van der Waals surface area contributed by atoms with Gasteiger partial charge < -0.3 is 9.47 Å². The highest BCUT2D eigenvalue weighted by atomic mass is 16.5. The number of para-hydroxylation sites is 2. The summed E-state index contributed by atoms with van der Waals surface area (Å²) in [6.45, 7) is 0. The van der Waals surface area contributed by atoms with E-state index in [4.69, 9.17) is 9.47 Å². The van der Waals surface area contributed by atoms with Crippen molar-refractivity contribution in [3.8, 4) is 11.5 Å². The number of hydrogen-bond donors (Lipinski definition) is 0. The Kier molecular flexibility index (Phi) is 3.12. The maximum atomic E-state index is 6.41. The normalized spacial score (nSPS) is 42.0. The van der Waals surface area contributed by atoms with Gasteiger partial charge >= 0.3 is 0 Å². The molecule has 1 aromatic rings. The molecule has 6 unspecified atom stereocenters. The summed E-state index contributed by atoms with van der Waals surface area (Å²) in [5, 5.41) is 0. The molecule has 0 aliphatic heterocycles. The van der Waals surface area contributed by atoms with Crippen LogP contribution >= 0.6 is 0 Å². The van der Waals surface area contributed by atoms with Crippen molar-refractivity contribution in [2.45, 2.75) is 63.6 Å². The first-order valence-corrected chi connectivity index (χ1v) is 9.27. The number of ether oxygens (including phenoxy) is 2. The van der Waals surface area contributed by atoms with Crippen LogP contribution in [0.3, 0.4) is 0 Å². The SMILES string of the molecule is c1ccc(OC2CC3CCC2C3)c(OC2CC3CCC2C3)c1. The van der Waals surface area contributed by atoms with E-state index in [1.54, 1.807) is 0 Å². The monoisotopic (exact) mass is 298 g/mol. The molecule has 4 aliphatic rings. The first-order chi connectivity index (χ1) is 10.8. The molecule has 0 aromatic heterocycles. The number of rotatable bonds is 4. The lowest BCUT2D eigenvalue weighted by molar-refractivity contribution is 0.108. The predicted molar refractivity (Wildman–Crippen MR) is 86.2 cm³/mol. The second-order valence-electron chi connectivity index (χ2n) is 8.11. The fourth-order valence-electron chi connectivity index (χ4n) is 5.63. The van der Waals surface area contributed by atoms with E-state index < -0.39 is 0 Å². The van der Waals surface area contributed by atoms with Gasteiger partial charge in [-0.15, -0.1) is 0 Å². The quantitative estimate of drug-likeness (QED) is 0.793. The molecule has 5 rings (SSSR count). The highest BCUT2D eigenvalue weighted by Crippen LogP contribution is 2.49. The van der Waals surface area contributed by atoms with Gasteiger partial charge in [-0.2, -0.15) is 0 Å². The molecule has 0 radical (unpaired) electrons. The molecular formula is C20H26O2. The summed E-state index contributed by atoms with van der Waals surface area (Å²) in [7, 11) is 0. The van der Waals surface area contributed by atoms with Crippen LogP contribution in [0.5, 0.6) is 11.5 Å². The minimum atomic E-state index is 0.434. The van der Waals surface area contributed by atoms with Crippen LogP contribution in [0, 0.1) is 23.7 Å². The lowest BCUT2D eigenvalue weighted by Gasteiger charge is -2.27. The summed E-state index contributed by atoms with van der Waals surface area (Å²) in [6.07, 6.45) is 11.7. The zero-order valence-corrected chi connectivity index (χ0v) is 13.2. The third-order valence-electron chi connectivity index (χ3n) is 6.75. The van der Waals surface area contributed by atoms with Crippen LogP contribution < -0.4 is 9.47 Å². The second kappa shape index (κ2) is 5.18. The van der Waals surface area contributed by atoms with Crippen molar-refractivity contribution in [1.29, 1.82) is 0 Å². The lowest BCUT2D eigenvalue weighted by Crippen LogP contribution is -2.26. The van der Waals surface area contributed by atoms with Gasteiger partial charge in [-0.05, 0) is 87.2 Å². The molecule has 4 saturated carbocycles. The zero-order valence-electron chi connectivity index (χ0n) is 13.2. The molecule has 22 heavy (non-hydrogen) atoms. The van der Waals surface area contributed by atoms with E-state index in [-0.39, 0.29) is 0 Å². The van der Waals surface area contributed by atoms with Gasteiger partial charge in [0.2, 0.25) is 0 Å². The molecule has 4 fully saturated rings. The Morgan fingerprint density at radius 1 is 0.636 bits per heavy atom. The van der Waals surface area contributed by atoms with Crippen molar-refractivity contribution in [1.82, 2.24) is 0 Å². The minimum Gasteiger partial charge on any atom is -0.486 e. The predicted octanol–water partition coefficient (Wildman–Crippen LogP) is 4.82. The molecule has 0 amide bonds. The van der Waals surface area contributed by atoms with Crippen LogP contribution in [0.15, 0.2) is 24.3 Å². The van der Waals surface area contributed by atoms with E-state index in [9.17, 15) is 0 Å². The Labute approximate surface area is 133 Å². The lowest BCUT2D eigenvalue weighted by atomic mass is 9.97. The van der Waals surface area contributed by atoms with Crippen molar-refractivity contribution in [2.75, 3.05) is 0 Å². The number of fused-ring (bicyclic) bond motifs is 4. The third-order valence-corrected chi connectivity index (χ3v) is 6.75. The molecule has 0 spiro atoms. The van der Waals surface area contributed by atoms with Crippen molar-refractivity contribution in [2.24, 2.45) is 23.7 Å². The standard InChI is InChI=1S/C20H26O2/c1-2-4-18(22-20-12-14-6-8-16(20)10-14)17(3-1)21-19-11-13-5-7-15(19)9-13/h1-4,13-16,19-20H,5-12H2. The van der Waals surface area contributed by atoms with Crippen LogP contribution in [0.2, 0.25) is 0 Å². The van der Waals surface area contributed by atoms with Crippen LogP contribution in [0.4, 0.5) is 0 Å². The molecule has 0 heterocycles. The fraction of sp³-hybridized carbons (Fsp3) is 0.700. The summed E-state index contributed by atoms with van der Waals surface area (Å²) < 4.78 is 12.8. The minimum absolute atomic E-state index is 0.434. The molecule has 4 aliphatic carbocycles. The number of hydrogen-bond acceptors (Lipinski definition) is 2. The van der Waals surface area contributed by atoms with E-state index >= 15 is 0 Å². The number of benzene rings is 1. The van der Waals surface area contributed by atoms with E-state index in [2.05, 4.69) is 24.3 Å². The molecule has 4 bridgehead atoms. The smallest absolute Gasteiger partial charge is 0.161 e. The molecular weight excluding hydrogens is 272 g/mol. The average Bonchev–Trinajstić information content (AvgIpc) is 3.29. The molecule has 0 saturated heterocycles. The maximum absolute atomic E-state index is 6.41. The highest BCUT2D eigenvalue weighted by Gasteiger charge is 2.42. The fourth-order valence-corrected chi connectivity index (χ4v) is 5.63. The van der Waals surface area contributed by atoms with E-state index in [0.29, 0.717) is 12.2 Å². The van der Waals surface area contributed by atoms with Crippen molar-refractivity contribution in [3.63, 3.8) is 0 Å². The van der Waals surface area contributed by atoms with Crippen LogP contribution in [-0.4, -0.2) is 12.2 Å². The average molecular weight is 298 g/mol. The summed E-state index contributed by atoms with van der Waals surface area (Å²) in [4.78, 5) is 0. The molecule has 1 aromatic carbocycles. The Hall–Kier alpha value is -1.18. The van der Waals surface area contributed by atoms with E-state index in [1.807, 2.05) is 0 Å². The molecule has 2 nitrogen and oxygen atoms in total. The summed E-state index contributed by atoms with van der Waals surface area (Å²) in [5.41, 5.74) is 0. The molecule has 2 heteroatoms.